The molecular formula is C17H13Cl3N2O2. The second-order valence-corrected chi connectivity index (χ2v) is 6.78. The number of halogens is 3. The molecule has 1 fully saturated rings. The summed E-state index contributed by atoms with van der Waals surface area (Å²) in [5, 5.41) is 4.19. The van der Waals surface area contributed by atoms with Crippen molar-refractivity contribution in [3.05, 3.63) is 57.5 Å². The van der Waals surface area contributed by atoms with Crippen LogP contribution < -0.4 is 10.2 Å². The van der Waals surface area contributed by atoms with Gasteiger partial charge in [-0.2, -0.15) is 0 Å². The molecule has 0 spiro atoms. The van der Waals surface area contributed by atoms with Crippen molar-refractivity contribution in [3.63, 3.8) is 0 Å². The van der Waals surface area contributed by atoms with Crippen LogP contribution in [0.2, 0.25) is 15.1 Å². The zero-order chi connectivity index (χ0) is 17.3. The lowest BCUT2D eigenvalue weighted by Crippen LogP contribution is -2.28. The second-order valence-electron chi connectivity index (χ2n) is 5.50. The first kappa shape index (κ1) is 17.1. The minimum Gasteiger partial charge on any atom is -0.324 e. The van der Waals surface area contributed by atoms with Crippen molar-refractivity contribution in [2.45, 2.75) is 6.42 Å². The number of rotatable bonds is 3. The van der Waals surface area contributed by atoms with E-state index < -0.39 is 5.92 Å². The SMILES string of the molecule is O=C(Nc1ccc(Cl)cc1Cl)[C@H]1CC(=O)N(c2ccc(Cl)cc2)C1. The van der Waals surface area contributed by atoms with Crippen molar-refractivity contribution in [1.82, 2.24) is 0 Å². The molecule has 0 aromatic heterocycles. The molecule has 0 radical (unpaired) electrons. The molecule has 0 saturated carbocycles. The van der Waals surface area contributed by atoms with Gasteiger partial charge in [0.25, 0.3) is 0 Å². The van der Waals surface area contributed by atoms with E-state index in [1.54, 1.807) is 47.4 Å². The van der Waals surface area contributed by atoms with Crippen molar-refractivity contribution in [2.75, 3.05) is 16.8 Å². The van der Waals surface area contributed by atoms with E-state index in [9.17, 15) is 9.59 Å². The Kier molecular flexibility index (Phi) is 4.99. The number of hydrogen-bond acceptors (Lipinski definition) is 2. The molecule has 7 heteroatoms. The summed E-state index contributed by atoms with van der Waals surface area (Å²) in [5.41, 5.74) is 1.20. The number of amides is 2. The fourth-order valence-electron chi connectivity index (χ4n) is 2.58. The van der Waals surface area contributed by atoms with Crippen molar-refractivity contribution >= 4 is 58.0 Å². The van der Waals surface area contributed by atoms with E-state index in [1.165, 1.54) is 0 Å². The van der Waals surface area contributed by atoms with Gasteiger partial charge < -0.3 is 10.2 Å². The molecule has 2 aromatic carbocycles. The monoisotopic (exact) mass is 382 g/mol. The Hall–Kier alpha value is -1.75. The Morgan fingerprint density at radius 2 is 1.71 bits per heavy atom. The van der Waals surface area contributed by atoms with Crippen LogP contribution in [0.3, 0.4) is 0 Å². The van der Waals surface area contributed by atoms with Crippen molar-refractivity contribution in [2.24, 2.45) is 5.92 Å². The van der Waals surface area contributed by atoms with Gasteiger partial charge >= 0.3 is 0 Å². The summed E-state index contributed by atoms with van der Waals surface area (Å²) in [6, 6.07) is 11.8. The average molecular weight is 384 g/mol. The van der Waals surface area contributed by atoms with E-state index in [-0.39, 0.29) is 18.2 Å². The summed E-state index contributed by atoms with van der Waals surface area (Å²) in [5.74, 6) is -0.788. The molecule has 1 N–H and O–H groups in total. The van der Waals surface area contributed by atoms with Crippen LogP contribution in [0, 0.1) is 5.92 Å². The molecule has 1 aliphatic heterocycles. The maximum absolute atomic E-state index is 12.4. The number of carbonyl (C=O) groups is 2. The Morgan fingerprint density at radius 1 is 1.04 bits per heavy atom. The fraction of sp³-hybridized carbons (Fsp3) is 0.176. The molecule has 1 aliphatic rings. The third-order valence-corrected chi connectivity index (χ3v) is 4.62. The zero-order valence-electron chi connectivity index (χ0n) is 12.4. The number of benzene rings is 2. The van der Waals surface area contributed by atoms with Gasteiger partial charge in [-0.25, -0.2) is 0 Å². The molecule has 1 saturated heterocycles. The van der Waals surface area contributed by atoms with Crippen LogP contribution in [0.5, 0.6) is 0 Å². The number of hydrogen-bond donors (Lipinski definition) is 1. The summed E-state index contributed by atoms with van der Waals surface area (Å²) >= 11 is 17.8. The molecule has 124 valence electrons. The van der Waals surface area contributed by atoms with Crippen molar-refractivity contribution in [1.29, 1.82) is 0 Å². The molecule has 1 atom stereocenters. The highest BCUT2D eigenvalue weighted by atomic mass is 35.5. The lowest BCUT2D eigenvalue weighted by atomic mass is 10.1. The molecule has 4 nitrogen and oxygen atoms in total. The lowest BCUT2D eigenvalue weighted by molar-refractivity contribution is -0.122. The van der Waals surface area contributed by atoms with Crippen LogP contribution in [-0.4, -0.2) is 18.4 Å². The molecule has 1 heterocycles. The third-order valence-electron chi connectivity index (χ3n) is 3.82. The van der Waals surface area contributed by atoms with E-state index in [2.05, 4.69) is 5.32 Å². The third kappa shape index (κ3) is 3.66. The van der Waals surface area contributed by atoms with Gasteiger partial charge in [0.2, 0.25) is 11.8 Å². The lowest BCUT2D eigenvalue weighted by Gasteiger charge is -2.17. The van der Waals surface area contributed by atoms with Crippen molar-refractivity contribution < 1.29 is 9.59 Å². The predicted octanol–water partition coefficient (Wildman–Crippen LogP) is 4.64. The predicted molar refractivity (Wildman–Crippen MR) is 97.0 cm³/mol. The minimum absolute atomic E-state index is 0.0975. The van der Waals surface area contributed by atoms with Gasteiger partial charge in [-0.1, -0.05) is 34.8 Å². The molecule has 0 bridgehead atoms. The minimum atomic E-state index is -0.445. The number of nitrogens with zero attached hydrogens (tertiary/aromatic N) is 1. The van der Waals surface area contributed by atoms with E-state index >= 15 is 0 Å². The number of anilines is 2. The smallest absolute Gasteiger partial charge is 0.229 e. The Morgan fingerprint density at radius 3 is 2.38 bits per heavy atom. The quantitative estimate of drug-likeness (QED) is 0.839. The normalized spacial score (nSPS) is 17.2. The van der Waals surface area contributed by atoms with Gasteiger partial charge in [0, 0.05) is 28.7 Å². The second kappa shape index (κ2) is 7.01. The van der Waals surface area contributed by atoms with Crippen molar-refractivity contribution in [3.8, 4) is 0 Å². The highest BCUT2D eigenvalue weighted by Crippen LogP contribution is 2.29. The Bertz CT molecular complexity index is 793. The first-order valence-electron chi connectivity index (χ1n) is 7.26. The van der Waals surface area contributed by atoms with Crippen LogP contribution >= 0.6 is 34.8 Å². The zero-order valence-corrected chi connectivity index (χ0v) is 14.7. The van der Waals surface area contributed by atoms with Crippen LogP contribution in [0.1, 0.15) is 6.42 Å². The molecule has 2 aromatic rings. The Balaban J connectivity index is 1.70. The molecule has 3 rings (SSSR count). The van der Waals surface area contributed by atoms with Crippen LogP contribution in [0.15, 0.2) is 42.5 Å². The number of carbonyl (C=O) groups excluding carboxylic acids is 2. The maximum atomic E-state index is 12.4. The van der Waals surface area contributed by atoms with E-state index in [1.807, 2.05) is 0 Å². The van der Waals surface area contributed by atoms with E-state index in [4.69, 9.17) is 34.8 Å². The van der Waals surface area contributed by atoms with Crippen LogP contribution in [0.25, 0.3) is 0 Å². The average Bonchev–Trinajstić information content (AvgIpc) is 2.93. The van der Waals surface area contributed by atoms with Gasteiger partial charge in [-0.05, 0) is 42.5 Å². The molecule has 0 unspecified atom stereocenters. The largest absolute Gasteiger partial charge is 0.324 e. The van der Waals surface area contributed by atoms with Gasteiger partial charge in [-0.3, -0.25) is 9.59 Å². The van der Waals surface area contributed by atoms with Gasteiger partial charge in [0.1, 0.15) is 0 Å². The summed E-state index contributed by atoms with van der Waals surface area (Å²) in [6.45, 7) is 0.317. The first-order chi connectivity index (χ1) is 11.4. The maximum Gasteiger partial charge on any atom is 0.229 e. The molecular weight excluding hydrogens is 371 g/mol. The van der Waals surface area contributed by atoms with Gasteiger partial charge in [-0.15, -0.1) is 0 Å². The fourth-order valence-corrected chi connectivity index (χ4v) is 3.16. The topological polar surface area (TPSA) is 49.4 Å². The summed E-state index contributed by atoms with van der Waals surface area (Å²) in [4.78, 5) is 26.2. The van der Waals surface area contributed by atoms with Crippen LogP contribution in [-0.2, 0) is 9.59 Å². The van der Waals surface area contributed by atoms with E-state index in [0.29, 0.717) is 27.3 Å². The van der Waals surface area contributed by atoms with Gasteiger partial charge in [0.05, 0.1) is 16.6 Å². The summed E-state index contributed by atoms with van der Waals surface area (Å²) < 4.78 is 0. The summed E-state index contributed by atoms with van der Waals surface area (Å²) in [7, 11) is 0. The molecule has 0 aliphatic carbocycles. The van der Waals surface area contributed by atoms with Crippen LogP contribution in [0.4, 0.5) is 11.4 Å². The first-order valence-corrected chi connectivity index (χ1v) is 8.39. The molecule has 2 amide bonds. The standard InChI is InChI=1S/C17H13Cl3N2O2/c18-11-1-4-13(5-2-11)22-9-10(7-16(22)23)17(24)21-15-6-3-12(19)8-14(15)20/h1-6,8,10H,7,9H2,(H,21,24)/t10-/m0/s1. The number of nitrogens with one attached hydrogen (secondary N) is 1. The Labute approximate surface area is 154 Å². The van der Waals surface area contributed by atoms with E-state index in [0.717, 1.165) is 5.69 Å². The highest BCUT2D eigenvalue weighted by molar-refractivity contribution is 6.36. The highest BCUT2D eigenvalue weighted by Gasteiger charge is 2.35. The summed E-state index contributed by atoms with van der Waals surface area (Å²) in [6.07, 6.45) is 0.152. The molecule has 24 heavy (non-hydrogen) atoms. The van der Waals surface area contributed by atoms with Gasteiger partial charge in [0.15, 0.2) is 0 Å².